The van der Waals surface area contributed by atoms with Crippen LogP contribution in [0, 0.1) is 5.41 Å². The molecular formula is C22H27BrN4OS. The summed E-state index contributed by atoms with van der Waals surface area (Å²) >= 11 is 4.94. The van der Waals surface area contributed by atoms with Crippen LogP contribution in [0.4, 0.5) is 0 Å². The minimum atomic E-state index is -0.0129. The van der Waals surface area contributed by atoms with Crippen molar-refractivity contribution in [2.24, 2.45) is 0 Å². The Kier molecular flexibility index (Phi) is 5.12. The Hall–Kier alpha value is -1.70. The lowest BCUT2D eigenvalue weighted by Gasteiger charge is -2.49. The first-order chi connectivity index (χ1) is 13.5. The van der Waals surface area contributed by atoms with Crippen LogP contribution in [-0.4, -0.2) is 44.5 Å². The van der Waals surface area contributed by atoms with Gasteiger partial charge in [0.25, 0.3) is 0 Å². The molecule has 0 amide bonds. The molecule has 0 spiro atoms. The van der Waals surface area contributed by atoms with E-state index in [4.69, 9.17) is 10.4 Å². The highest BCUT2D eigenvalue weighted by Gasteiger charge is 2.43. The Balaban J connectivity index is 1.58. The topological polar surface area (TPSA) is 72.2 Å². The van der Waals surface area contributed by atoms with Crippen molar-refractivity contribution in [3.63, 3.8) is 0 Å². The van der Waals surface area contributed by atoms with E-state index >= 15 is 0 Å². The minimum absolute atomic E-state index is 0.0129. The lowest BCUT2D eigenvalue weighted by atomic mass is 9.79. The van der Waals surface area contributed by atoms with Crippen LogP contribution in [0.3, 0.4) is 0 Å². The van der Waals surface area contributed by atoms with Crippen LogP contribution in [0.5, 0.6) is 0 Å². The number of thiazole rings is 1. The highest BCUT2D eigenvalue weighted by Crippen LogP contribution is 2.38. The predicted octanol–water partition coefficient (Wildman–Crippen LogP) is 5.44. The van der Waals surface area contributed by atoms with E-state index in [2.05, 4.69) is 53.8 Å². The number of aliphatic hydroxyl groups excluding tert-OH is 1. The quantitative estimate of drug-likeness (QED) is 0.553. The summed E-state index contributed by atoms with van der Waals surface area (Å²) in [5.41, 5.74) is 2.45. The summed E-state index contributed by atoms with van der Waals surface area (Å²) in [5, 5.41) is 25.9. The van der Waals surface area contributed by atoms with E-state index in [1.807, 2.05) is 29.6 Å². The van der Waals surface area contributed by atoms with E-state index in [-0.39, 0.29) is 22.9 Å². The van der Waals surface area contributed by atoms with Crippen LogP contribution in [0.1, 0.15) is 45.5 Å². The maximum absolute atomic E-state index is 10.7. The number of aliphatic hydroxyl groups is 1. The zero-order valence-corrected chi connectivity index (χ0v) is 19.6. The van der Waals surface area contributed by atoms with Gasteiger partial charge in [-0.3, -0.25) is 5.41 Å². The molecule has 0 aliphatic carbocycles. The van der Waals surface area contributed by atoms with Crippen molar-refractivity contribution in [3.05, 3.63) is 44.9 Å². The summed E-state index contributed by atoms with van der Waals surface area (Å²) in [5.74, 6) is 0.638. The third-order valence-electron chi connectivity index (χ3n) is 5.60. The van der Waals surface area contributed by atoms with Crippen molar-refractivity contribution in [2.75, 3.05) is 6.54 Å². The molecule has 7 heteroatoms. The van der Waals surface area contributed by atoms with Gasteiger partial charge in [-0.2, -0.15) is 0 Å². The first-order valence-corrected chi connectivity index (χ1v) is 11.5. The zero-order chi connectivity index (χ0) is 21.0. The monoisotopic (exact) mass is 474 g/mol. The Labute approximate surface area is 184 Å². The van der Waals surface area contributed by atoms with Gasteiger partial charge >= 0.3 is 0 Å². The third-order valence-corrected chi connectivity index (χ3v) is 6.99. The van der Waals surface area contributed by atoms with E-state index in [1.54, 1.807) is 0 Å². The lowest BCUT2D eigenvalue weighted by molar-refractivity contribution is 0.105. The number of piperidine rings is 1. The fourth-order valence-electron chi connectivity index (χ4n) is 4.77. The third kappa shape index (κ3) is 4.13. The van der Waals surface area contributed by atoms with Gasteiger partial charge in [0.15, 0.2) is 0 Å². The van der Waals surface area contributed by atoms with Crippen molar-refractivity contribution in [1.82, 2.24) is 15.2 Å². The van der Waals surface area contributed by atoms with Gasteiger partial charge < -0.3 is 15.3 Å². The lowest BCUT2D eigenvalue weighted by Crippen LogP contribution is -2.62. The molecule has 3 heterocycles. The molecule has 154 valence electrons. The molecule has 1 fully saturated rings. The molecule has 3 N–H and O–H groups in total. The summed E-state index contributed by atoms with van der Waals surface area (Å²) < 4.78 is 1.03. The summed E-state index contributed by atoms with van der Waals surface area (Å²) in [7, 11) is 0. The van der Waals surface area contributed by atoms with Crippen LogP contribution < -0.4 is 5.32 Å². The molecule has 1 saturated heterocycles. The SMILES string of the molecule is CC1(C)CC(N2CC(O)=C(c3nc(-c4ccc(Br)cc4)cs3)C2=N)CC(C)(C)N1. The van der Waals surface area contributed by atoms with Crippen molar-refractivity contribution in [2.45, 2.75) is 57.7 Å². The average molecular weight is 475 g/mol. The Morgan fingerprint density at radius 2 is 1.79 bits per heavy atom. The van der Waals surface area contributed by atoms with Gasteiger partial charge in [-0.25, -0.2) is 4.98 Å². The molecular weight excluding hydrogens is 448 g/mol. The van der Waals surface area contributed by atoms with E-state index in [9.17, 15) is 5.11 Å². The summed E-state index contributed by atoms with van der Waals surface area (Å²) in [6, 6.07) is 8.22. The van der Waals surface area contributed by atoms with Gasteiger partial charge in [-0.05, 0) is 52.7 Å². The van der Waals surface area contributed by atoms with Gasteiger partial charge in [-0.1, -0.05) is 28.1 Å². The highest BCUT2D eigenvalue weighted by molar-refractivity contribution is 9.10. The number of hydrogen-bond acceptors (Lipinski definition) is 5. The van der Waals surface area contributed by atoms with Crippen LogP contribution in [-0.2, 0) is 0 Å². The van der Waals surface area contributed by atoms with Crippen molar-refractivity contribution in [3.8, 4) is 11.3 Å². The first kappa shape index (κ1) is 20.6. The summed E-state index contributed by atoms with van der Waals surface area (Å²) in [6.45, 7) is 9.22. The Bertz CT molecular complexity index is 961. The number of rotatable bonds is 3. The van der Waals surface area contributed by atoms with Crippen LogP contribution >= 0.6 is 27.3 Å². The largest absolute Gasteiger partial charge is 0.510 e. The number of amidine groups is 1. The van der Waals surface area contributed by atoms with Gasteiger partial charge in [0.1, 0.15) is 16.6 Å². The normalized spacial score (nSPS) is 21.8. The van der Waals surface area contributed by atoms with Crippen molar-refractivity contribution < 1.29 is 5.11 Å². The fourth-order valence-corrected chi connectivity index (χ4v) is 5.93. The molecule has 2 aliphatic rings. The Morgan fingerprint density at radius 3 is 2.41 bits per heavy atom. The van der Waals surface area contributed by atoms with Crippen molar-refractivity contribution >= 4 is 38.7 Å². The molecule has 0 atom stereocenters. The van der Waals surface area contributed by atoms with Crippen LogP contribution in [0.15, 0.2) is 39.9 Å². The standard InChI is InChI=1S/C22H27BrN4OS/c1-21(2)9-15(10-22(3,4)26-21)27-11-17(28)18(19(27)24)20-25-16(12-29-20)13-5-7-14(23)8-6-13/h5-8,12,15,24,26,28H,9-11H2,1-4H3. The molecule has 1 aromatic heterocycles. The van der Waals surface area contributed by atoms with Gasteiger partial charge in [0, 0.05) is 32.5 Å². The molecule has 2 aliphatic heterocycles. The second kappa shape index (κ2) is 7.22. The number of hydrogen-bond donors (Lipinski definition) is 3. The molecule has 0 bridgehead atoms. The molecule has 1 aromatic carbocycles. The van der Waals surface area contributed by atoms with Gasteiger partial charge in [-0.15, -0.1) is 11.3 Å². The number of halogens is 1. The predicted molar refractivity (Wildman–Crippen MR) is 124 cm³/mol. The molecule has 0 radical (unpaired) electrons. The summed E-state index contributed by atoms with van der Waals surface area (Å²) in [4.78, 5) is 6.79. The molecule has 2 aromatic rings. The number of nitrogens with one attached hydrogen (secondary N) is 2. The maximum atomic E-state index is 10.7. The smallest absolute Gasteiger partial charge is 0.135 e. The van der Waals surface area contributed by atoms with Gasteiger partial charge in [0.2, 0.25) is 0 Å². The maximum Gasteiger partial charge on any atom is 0.135 e. The molecule has 5 nitrogen and oxygen atoms in total. The molecule has 0 unspecified atom stereocenters. The minimum Gasteiger partial charge on any atom is -0.510 e. The zero-order valence-electron chi connectivity index (χ0n) is 17.2. The fraction of sp³-hybridized carbons (Fsp3) is 0.455. The van der Waals surface area contributed by atoms with Crippen LogP contribution in [0.2, 0.25) is 0 Å². The number of benzene rings is 1. The molecule has 4 rings (SSSR count). The van der Waals surface area contributed by atoms with E-state index in [0.29, 0.717) is 23.0 Å². The number of nitrogens with zero attached hydrogens (tertiary/aromatic N) is 2. The highest BCUT2D eigenvalue weighted by atomic mass is 79.9. The molecule has 29 heavy (non-hydrogen) atoms. The summed E-state index contributed by atoms with van der Waals surface area (Å²) in [6.07, 6.45) is 1.86. The van der Waals surface area contributed by atoms with E-state index in [0.717, 1.165) is 28.6 Å². The molecule has 0 saturated carbocycles. The van der Waals surface area contributed by atoms with Gasteiger partial charge in [0.05, 0.1) is 17.8 Å². The first-order valence-electron chi connectivity index (χ1n) is 9.83. The second-order valence-corrected chi connectivity index (χ2v) is 11.1. The number of aromatic nitrogens is 1. The van der Waals surface area contributed by atoms with Crippen molar-refractivity contribution in [1.29, 1.82) is 5.41 Å². The van der Waals surface area contributed by atoms with E-state index < -0.39 is 0 Å². The van der Waals surface area contributed by atoms with E-state index in [1.165, 1.54) is 11.3 Å². The van der Waals surface area contributed by atoms with Crippen LogP contribution in [0.25, 0.3) is 16.8 Å². The average Bonchev–Trinajstić information content (AvgIpc) is 3.17. The second-order valence-electron chi connectivity index (χ2n) is 9.30. The Morgan fingerprint density at radius 1 is 1.17 bits per heavy atom.